The summed E-state index contributed by atoms with van der Waals surface area (Å²) in [7, 11) is 1.10. The van der Waals surface area contributed by atoms with E-state index in [0.29, 0.717) is 6.07 Å². The van der Waals surface area contributed by atoms with Gasteiger partial charge >= 0.3 is 5.97 Å². The van der Waals surface area contributed by atoms with Gasteiger partial charge in [-0.15, -0.1) is 0 Å². The summed E-state index contributed by atoms with van der Waals surface area (Å²) < 4.78 is 30.3. The highest BCUT2D eigenvalue weighted by atomic mass is 19.1. The van der Waals surface area contributed by atoms with E-state index in [0.717, 1.165) is 19.2 Å². The van der Waals surface area contributed by atoms with Crippen LogP contribution in [-0.2, 0) is 14.3 Å². The Bertz CT molecular complexity index is 409. The third-order valence-corrected chi connectivity index (χ3v) is 1.95. The molecule has 1 rings (SSSR count). The van der Waals surface area contributed by atoms with Gasteiger partial charge in [-0.25, -0.2) is 13.6 Å². The van der Waals surface area contributed by atoms with Gasteiger partial charge < -0.3 is 10.1 Å². The highest BCUT2D eigenvalue weighted by molar-refractivity contribution is 5.79. The second-order valence-electron chi connectivity index (χ2n) is 2.91. The van der Waals surface area contributed by atoms with Gasteiger partial charge in [0.25, 0.3) is 0 Å². The van der Waals surface area contributed by atoms with Gasteiger partial charge in [0.05, 0.1) is 7.11 Å². The minimum Gasteiger partial charge on any atom is -0.467 e. The zero-order chi connectivity index (χ0) is 12.1. The van der Waals surface area contributed by atoms with Crippen LogP contribution in [0.2, 0.25) is 0 Å². The minimum absolute atomic E-state index is 0.152. The molecule has 0 fully saturated rings. The van der Waals surface area contributed by atoms with E-state index >= 15 is 0 Å². The first-order valence-corrected chi connectivity index (χ1v) is 4.32. The van der Waals surface area contributed by atoms with Crippen LogP contribution in [0.5, 0.6) is 0 Å². The summed E-state index contributed by atoms with van der Waals surface area (Å²) in [6.45, 7) is 0. The summed E-state index contributed by atoms with van der Waals surface area (Å²) >= 11 is 0. The van der Waals surface area contributed by atoms with Crippen LogP contribution in [0.3, 0.4) is 0 Å². The molecule has 1 aromatic rings. The Morgan fingerprint density at radius 2 is 2.19 bits per heavy atom. The Balaban J connectivity index is 3.10. The Labute approximate surface area is 90.2 Å². The fourth-order valence-electron chi connectivity index (χ4n) is 1.21. The molecule has 0 aliphatic rings. The number of hydrogen-bond donors (Lipinski definition) is 1. The topological polar surface area (TPSA) is 55.4 Å². The number of benzene rings is 1. The van der Waals surface area contributed by atoms with Crippen molar-refractivity contribution in [3.05, 3.63) is 35.4 Å². The highest BCUT2D eigenvalue weighted by Gasteiger charge is 2.23. The average Bonchev–Trinajstić information content (AvgIpc) is 2.26. The van der Waals surface area contributed by atoms with Gasteiger partial charge in [-0.05, 0) is 6.07 Å². The molecule has 1 aromatic carbocycles. The zero-order valence-corrected chi connectivity index (χ0v) is 8.37. The third-order valence-electron chi connectivity index (χ3n) is 1.95. The molecule has 16 heavy (non-hydrogen) atoms. The molecule has 0 aromatic heterocycles. The lowest BCUT2D eigenvalue weighted by molar-refractivity contribution is -0.144. The van der Waals surface area contributed by atoms with E-state index in [9.17, 15) is 18.4 Å². The first-order valence-electron chi connectivity index (χ1n) is 4.32. The molecular weight excluding hydrogens is 220 g/mol. The lowest BCUT2D eigenvalue weighted by Gasteiger charge is -2.14. The maximum Gasteiger partial charge on any atom is 0.333 e. The van der Waals surface area contributed by atoms with Crippen LogP contribution in [0.25, 0.3) is 0 Å². The molecule has 0 saturated heterocycles. The molecule has 0 radical (unpaired) electrons. The molecule has 6 heteroatoms. The fourth-order valence-corrected chi connectivity index (χ4v) is 1.21. The summed E-state index contributed by atoms with van der Waals surface area (Å²) in [4.78, 5) is 21.5. The Hall–Kier alpha value is -1.98. The Morgan fingerprint density at radius 3 is 2.69 bits per heavy atom. The Morgan fingerprint density at radius 1 is 1.50 bits per heavy atom. The fraction of sp³-hybridized carbons (Fsp3) is 0.200. The van der Waals surface area contributed by atoms with Crippen molar-refractivity contribution in [1.82, 2.24) is 5.32 Å². The van der Waals surface area contributed by atoms with Crippen LogP contribution in [0, 0.1) is 11.6 Å². The van der Waals surface area contributed by atoms with E-state index in [4.69, 9.17) is 0 Å². The number of halogens is 2. The molecular formula is C10H9F2NO3. The number of carbonyl (C=O) groups excluding carboxylic acids is 2. The molecule has 0 bridgehead atoms. The number of methoxy groups -OCH3 is 1. The van der Waals surface area contributed by atoms with E-state index < -0.39 is 23.6 Å². The summed E-state index contributed by atoms with van der Waals surface area (Å²) in [5.41, 5.74) is -0.152. The normalized spacial score (nSPS) is 11.7. The van der Waals surface area contributed by atoms with E-state index in [1.165, 1.54) is 0 Å². The lowest BCUT2D eigenvalue weighted by atomic mass is 10.1. The van der Waals surface area contributed by atoms with Gasteiger partial charge in [-0.1, -0.05) is 6.07 Å². The summed E-state index contributed by atoms with van der Waals surface area (Å²) in [5.74, 6) is -2.53. The van der Waals surface area contributed by atoms with Gasteiger partial charge in [-0.2, -0.15) is 0 Å². The van der Waals surface area contributed by atoms with Crippen molar-refractivity contribution < 1.29 is 23.1 Å². The van der Waals surface area contributed by atoms with Crippen LogP contribution >= 0.6 is 0 Å². The zero-order valence-electron chi connectivity index (χ0n) is 8.37. The number of amides is 1. The van der Waals surface area contributed by atoms with E-state index in [1.54, 1.807) is 0 Å². The number of carbonyl (C=O) groups is 2. The molecule has 0 aliphatic carbocycles. The van der Waals surface area contributed by atoms with E-state index in [2.05, 4.69) is 10.1 Å². The second-order valence-corrected chi connectivity index (χ2v) is 2.91. The largest absolute Gasteiger partial charge is 0.467 e. The second kappa shape index (κ2) is 5.20. The van der Waals surface area contributed by atoms with Crippen LogP contribution in [0.1, 0.15) is 11.6 Å². The van der Waals surface area contributed by atoms with Crippen LogP contribution in [0.4, 0.5) is 8.78 Å². The van der Waals surface area contributed by atoms with Gasteiger partial charge in [0, 0.05) is 11.6 Å². The van der Waals surface area contributed by atoms with Crippen LogP contribution in [-0.4, -0.2) is 19.5 Å². The van der Waals surface area contributed by atoms with Crippen molar-refractivity contribution in [1.29, 1.82) is 0 Å². The SMILES string of the molecule is COC(=O)C(NC=O)c1ccc(F)cc1F. The maximum atomic E-state index is 13.3. The van der Waals surface area contributed by atoms with Gasteiger partial charge in [-0.3, -0.25) is 4.79 Å². The quantitative estimate of drug-likeness (QED) is 0.617. The van der Waals surface area contributed by atoms with Crippen molar-refractivity contribution in [2.75, 3.05) is 7.11 Å². The van der Waals surface area contributed by atoms with E-state index in [1.807, 2.05) is 0 Å². The predicted octanol–water partition coefficient (Wildman–Crippen LogP) is 0.925. The van der Waals surface area contributed by atoms with Crippen molar-refractivity contribution in [3.63, 3.8) is 0 Å². The molecule has 0 aliphatic heterocycles. The number of ether oxygens (including phenoxy) is 1. The smallest absolute Gasteiger partial charge is 0.333 e. The maximum absolute atomic E-state index is 13.3. The highest BCUT2D eigenvalue weighted by Crippen LogP contribution is 2.18. The molecule has 0 heterocycles. The van der Waals surface area contributed by atoms with Gasteiger partial charge in [0.15, 0.2) is 6.04 Å². The molecule has 1 N–H and O–H groups in total. The summed E-state index contributed by atoms with van der Waals surface area (Å²) in [5, 5.41) is 2.09. The number of nitrogens with one attached hydrogen (secondary N) is 1. The molecule has 86 valence electrons. The van der Waals surface area contributed by atoms with Crippen molar-refractivity contribution >= 4 is 12.4 Å². The summed E-state index contributed by atoms with van der Waals surface area (Å²) in [6.07, 6.45) is 0.240. The van der Waals surface area contributed by atoms with E-state index in [-0.39, 0.29) is 12.0 Å². The molecule has 4 nitrogen and oxygen atoms in total. The Kier molecular flexibility index (Phi) is 3.93. The van der Waals surface area contributed by atoms with Crippen molar-refractivity contribution in [2.45, 2.75) is 6.04 Å². The molecule has 0 spiro atoms. The van der Waals surface area contributed by atoms with Gasteiger partial charge in [0.1, 0.15) is 11.6 Å². The number of rotatable bonds is 4. The molecule has 1 amide bonds. The van der Waals surface area contributed by atoms with Crippen molar-refractivity contribution in [3.8, 4) is 0 Å². The summed E-state index contributed by atoms with van der Waals surface area (Å²) in [6, 6.07) is 1.41. The average molecular weight is 229 g/mol. The minimum atomic E-state index is -1.27. The first-order chi connectivity index (χ1) is 7.60. The van der Waals surface area contributed by atoms with Crippen LogP contribution in [0.15, 0.2) is 18.2 Å². The molecule has 1 unspecified atom stereocenters. The van der Waals surface area contributed by atoms with Crippen molar-refractivity contribution in [2.24, 2.45) is 0 Å². The molecule has 1 atom stereocenters. The number of esters is 1. The van der Waals surface area contributed by atoms with Gasteiger partial charge in [0.2, 0.25) is 6.41 Å². The predicted molar refractivity (Wildman–Crippen MR) is 50.3 cm³/mol. The molecule has 0 saturated carbocycles. The first kappa shape index (κ1) is 12.1. The van der Waals surface area contributed by atoms with Crippen LogP contribution < -0.4 is 5.32 Å². The third kappa shape index (κ3) is 2.53. The monoisotopic (exact) mass is 229 g/mol. The lowest BCUT2D eigenvalue weighted by Crippen LogP contribution is -2.29. The standard InChI is InChI=1S/C10H9F2NO3/c1-16-10(15)9(13-5-14)7-3-2-6(11)4-8(7)12/h2-5,9H,1H3,(H,13,14). The number of hydrogen-bond acceptors (Lipinski definition) is 3.